The summed E-state index contributed by atoms with van der Waals surface area (Å²) in [6.45, 7) is 4.07. The number of ether oxygens (including phenoxy) is 1. The molecule has 2 aliphatic heterocycles. The number of aldehydes is 1. The monoisotopic (exact) mass is 358 g/mol. The number of nitrogens with zero attached hydrogens (tertiary/aromatic N) is 1. The molecule has 2 N–H and O–H groups in total. The summed E-state index contributed by atoms with van der Waals surface area (Å²) in [5.74, 6) is 1.27. The van der Waals surface area contributed by atoms with Crippen molar-refractivity contribution in [1.82, 2.24) is 0 Å². The molecule has 140 valence electrons. The van der Waals surface area contributed by atoms with Gasteiger partial charge in [-0.2, -0.15) is 0 Å². The minimum atomic E-state index is -1.01. The summed E-state index contributed by atoms with van der Waals surface area (Å²) in [5.41, 5.74) is 0.280. The van der Waals surface area contributed by atoms with Crippen molar-refractivity contribution in [2.45, 2.75) is 62.2 Å². The summed E-state index contributed by atoms with van der Waals surface area (Å²) >= 11 is 0. The number of piperidine rings is 1. The number of rotatable bonds is 4. The van der Waals surface area contributed by atoms with E-state index in [1.165, 1.54) is 12.8 Å². The van der Waals surface area contributed by atoms with Gasteiger partial charge in [-0.25, -0.2) is 0 Å². The van der Waals surface area contributed by atoms with Gasteiger partial charge in [0.2, 0.25) is 0 Å². The molecule has 0 aromatic heterocycles. The number of hydrogen-bond acceptors (Lipinski definition) is 4. The third-order valence-corrected chi connectivity index (χ3v) is 7.94. The number of aromatic hydroxyl groups is 1. The van der Waals surface area contributed by atoms with E-state index in [0.29, 0.717) is 18.6 Å². The average Bonchev–Trinajstić information content (AvgIpc) is 3.35. The Labute approximate surface area is 154 Å². The highest BCUT2D eigenvalue weighted by Gasteiger charge is 2.73. The van der Waals surface area contributed by atoms with Crippen molar-refractivity contribution >= 4 is 6.29 Å². The molecule has 5 heteroatoms. The van der Waals surface area contributed by atoms with E-state index in [0.717, 1.165) is 47.3 Å². The van der Waals surface area contributed by atoms with Gasteiger partial charge in [0.05, 0.1) is 25.6 Å². The fourth-order valence-corrected chi connectivity index (χ4v) is 6.51. The van der Waals surface area contributed by atoms with E-state index in [-0.39, 0.29) is 11.8 Å². The SMILES string of the molecule is CCC1(O)C2Cc3ccc(O)c4c3[C@@]1(CC[N@@+]2(C)CC1CC1)C(C=O)O4. The number of hydrogen-bond donors (Lipinski definition) is 2. The number of benzene rings is 1. The van der Waals surface area contributed by atoms with Crippen LogP contribution in [0.4, 0.5) is 0 Å². The van der Waals surface area contributed by atoms with E-state index in [9.17, 15) is 15.0 Å². The highest BCUT2D eigenvalue weighted by Crippen LogP contribution is 2.63. The third kappa shape index (κ3) is 1.76. The van der Waals surface area contributed by atoms with Crippen molar-refractivity contribution in [3.63, 3.8) is 0 Å². The Balaban J connectivity index is 1.74. The first kappa shape index (κ1) is 16.6. The molecule has 5 rings (SSSR count). The number of aliphatic hydroxyl groups is 1. The lowest BCUT2D eigenvalue weighted by molar-refractivity contribution is -0.950. The lowest BCUT2D eigenvalue weighted by Gasteiger charge is -2.62. The maximum Gasteiger partial charge on any atom is 0.167 e. The van der Waals surface area contributed by atoms with Crippen LogP contribution in [0.5, 0.6) is 11.5 Å². The van der Waals surface area contributed by atoms with Crippen molar-refractivity contribution < 1.29 is 24.2 Å². The van der Waals surface area contributed by atoms with Gasteiger partial charge in [-0.15, -0.1) is 0 Å². The molecule has 0 amide bonds. The summed E-state index contributed by atoms with van der Waals surface area (Å²) < 4.78 is 6.83. The smallest absolute Gasteiger partial charge is 0.167 e. The normalized spacial score (nSPS) is 42.9. The van der Waals surface area contributed by atoms with Crippen molar-refractivity contribution in [2.24, 2.45) is 5.92 Å². The molecular formula is C21H28NO4+. The first-order valence-corrected chi connectivity index (χ1v) is 9.93. The van der Waals surface area contributed by atoms with Crippen LogP contribution < -0.4 is 4.74 Å². The van der Waals surface area contributed by atoms with Gasteiger partial charge in [0.25, 0.3) is 0 Å². The molecule has 2 heterocycles. The Morgan fingerprint density at radius 2 is 2.15 bits per heavy atom. The highest BCUT2D eigenvalue weighted by atomic mass is 16.5. The quantitative estimate of drug-likeness (QED) is 0.637. The molecule has 1 spiro atoms. The van der Waals surface area contributed by atoms with E-state index in [1.54, 1.807) is 6.07 Å². The lowest BCUT2D eigenvalue weighted by Crippen LogP contribution is -2.78. The van der Waals surface area contributed by atoms with Gasteiger partial charge in [0.15, 0.2) is 23.9 Å². The largest absolute Gasteiger partial charge is 0.504 e. The van der Waals surface area contributed by atoms with E-state index in [1.807, 2.05) is 13.0 Å². The first-order chi connectivity index (χ1) is 12.4. The van der Waals surface area contributed by atoms with Gasteiger partial charge in [-0.1, -0.05) is 13.0 Å². The van der Waals surface area contributed by atoms with E-state index < -0.39 is 17.1 Å². The Morgan fingerprint density at radius 3 is 2.81 bits per heavy atom. The number of carbonyl (C=O) groups is 1. The van der Waals surface area contributed by atoms with Crippen LogP contribution in [-0.4, -0.2) is 58.9 Å². The molecule has 0 radical (unpaired) electrons. The molecule has 1 saturated heterocycles. The summed E-state index contributed by atoms with van der Waals surface area (Å²) in [7, 11) is 2.29. The molecule has 3 unspecified atom stereocenters. The van der Waals surface area contributed by atoms with Crippen LogP contribution in [-0.2, 0) is 16.6 Å². The van der Waals surface area contributed by atoms with Gasteiger partial charge in [0, 0.05) is 24.3 Å². The van der Waals surface area contributed by atoms with Gasteiger partial charge in [-0.05, 0) is 30.9 Å². The van der Waals surface area contributed by atoms with Crippen LogP contribution in [0.3, 0.4) is 0 Å². The van der Waals surface area contributed by atoms with E-state index >= 15 is 0 Å². The third-order valence-electron chi connectivity index (χ3n) is 7.94. The number of likely N-dealkylation sites (tertiary alicyclic amines) is 1. The topological polar surface area (TPSA) is 66.8 Å². The molecule has 1 aromatic carbocycles. The molecule has 1 saturated carbocycles. The fourth-order valence-electron chi connectivity index (χ4n) is 6.51. The Hall–Kier alpha value is -1.59. The number of phenols is 1. The number of fused-ring (bicyclic) bond motifs is 1. The van der Waals surface area contributed by atoms with E-state index in [2.05, 4.69) is 7.05 Å². The molecular weight excluding hydrogens is 330 g/mol. The molecule has 2 fully saturated rings. The standard InChI is InChI=1S/C21H27NO4/c1-3-21(25)16-10-14-6-7-15(24)19-18(14)20(21,17(12-23)26-19)8-9-22(16,2)11-13-4-5-13/h6-7,12-13,16-17,25H,3-5,8-11H2,1-2H3/p+1/t16?,17?,20-,21?,22+/m1/s1. The lowest BCUT2D eigenvalue weighted by atomic mass is 9.51. The second-order valence-electron chi connectivity index (χ2n) is 9.17. The Bertz CT molecular complexity index is 790. The Kier molecular flexibility index (Phi) is 3.20. The first-order valence-electron chi connectivity index (χ1n) is 9.93. The molecule has 26 heavy (non-hydrogen) atoms. The molecule has 4 aliphatic rings. The zero-order valence-corrected chi connectivity index (χ0v) is 15.6. The van der Waals surface area contributed by atoms with Gasteiger partial charge < -0.3 is 19.4 Å². The minimum Gasteiger partial charge on any atom is -0.504 e. The van der Waals surface area contributed by atoms with Crippen molar-refractivity contribution in [2.75, 3.05) is 20.1 Å². The average molecular weight is 358 g/mol. The maximum absolute atomic E-state index is 12.1. The van der Waals surface area contributed by atoms with Crippen molar-refractivity contribution in [3.05, 3.63) is 23.3 Å². The number of carbonyl (C=O) groups excluding carboxylic acids is 1. The Morgan fingerprint density at radius 1 is 1.38 bits per heavy atom. The van der Waals surface area contributed by atoms with Crippen molar-refractivity contribution in [3.8, 4) is 11.5 Å². The van der Waals surface area contributed by atoms with Crippen LogP contribution in [0.25, 0.3) is 0 Å². The van der Waals surface area contributed by atoms with Gasteiger partial charge in [0.1, 0.15) is 11.6 Å². The number of likely N-dealkylation sites (N-methyl/N-ethyl adjacent to an activating group) is 1. The van der Waals surface area contributed by atoms with Crippen LogP contribution >= 0.6 is 0 Å². The summed E-state index contributed by atoms with van der Waals surface area (Å²) in [6, 6.07) is 3.69. The molecule has 2 bridgehead atoms. The minimum absolute atomic E-state index is 0.0518. The predicted molar refractivity (Wildman–Crippen MR) is 96.3 cm³/mol. The van der Waals surface area contributed by atoms with Crippen LogP contribution in [0.1, 0.15) is 43.7 Å². The molecule has 5 nitrogen and oxygen atoms in total. The molecule has 1 aromatic rings. The number of phenolic OH excluding ortho intramolecular Hbond substituents is 1. The summed E-state index contributed by atoms with van der Waals surface area (Å²) in [5, 5.41) is 22.5. The second-order valence-corrected chi connectivity index (χ2v) is 9.17. The summed E-state index contributed by atoms with van der Waals surface area (Å²) in [4.78, 5) is 12.0. The van der Waals surface area contributed by atoms with E-state index in [4.69, 9.17) is 4.74 Å². The zero-order chi connectivity index (χ0) is 18.3. The fraction of sp³-hybridized carbons (Fsp3) is 0.667. The van der Waals surface area contributed by atoms with Crippen LogP contribution in [0, 0.1) is 5.92 Å². The number of quaternary nitrogens is 1. The highest BCUT2D eigenvalue weighted by molar-refractivity contribution is 5.71. The second kappa shape index (κ2) is 5.02. The molecule has 5 atom stereocenters. The summed E-state index contributed by atoms with van der Waals surface area (Å²) in [6.07, 6.45) is 4.76. The van der Waals surface area contributed by atoms with Gasteiger partial charge >= 0.3 is 0 Å². The predicted octanol–water partition coefficient (Wildman–Crippen LogP) is 1.92. The van der Waals surface area contributed by atoms with Crippen LogP contribution in [0.2, 0.25) is 0 Å². The van der Waals surface area contributed by atoms with Crippen LogP contribution in [0.15, 0.2) is 12.1 Å². The zero-order valence-electron chi connectivity index (χ0n) is 15.6. The van der Waals surface area contributed by atoms with Crippen molar-refractivity contribution in [1.29, 1.82) is 0 Å². The molecule has 2 aliphatic carbocycles. The maximum atomic E-state index is 12.1. The van der Waals surface area contributed by atoms with Gasteiger partial charge in [-0.3, -0.25) is 4.79 Å².